The molecule has 0 bridgehead atoms. The van der Waals surface area contributed by atoms with Crippen LogP contribution in [0.15, 0.2) is 52.2 Å². The van der Waals surface area contributed by atoms with Gasteiger partial charge in [-0.25, -0.2) is 5.43 Å². The fourth-order valence-corrected chi connectivity index (χ4v) is 1.67. The molecule has 0 radical (unpaired) electrons. The highest BCUT2D eigenvalue weighted by atomic mass is 16.3. The second kappa shape index (κ2) is 6.56. The highest BCUT2D eigenvalue weighted by Crippen LogP contribution is 2.12. The number of anilines is 1. The van der Waals surface area contributed by atoms with E-state index in [1.165, 1.54) is 0 Å². The molecular formula is C15H17N3O2. The molecule has 1 heterocycles. The molecule has 2 aromatic rings. The van der Waals surface area contributed by atoms with Crippen LogP contribution in [0, 0.1) is 6.92 Å². The molecule has 2 N–H and O–H groups in total. The van der Waals surface area contributed by atoms with E-state index >= 15 is 0 Å². The van der Waals surface area contributed by atoms with E-state index in [-0.39, 0.29) is 12.5 Å². The van der Waals surface area contributed by atoms with Gasteiger partial charge < -0.3 is 9.73 Å². The van der Waals surface area contributed by atoms with Crippen LogP contribution in [0.1, 0.15) is 18.2 Å². The number of benzene rings is 1. The first-order valence-electron chi connectivity index (χ1n) is 6.33. The molecule has 0 unspecified atom stereocenters. The van der Waals surface area contributed by atoms with E-state index in [4.69, 9.17) is 4.42 Å². The Morgan fingerprint density at radius 3 is 2.75 bits per heavy atom. The summed E-state index contributed by atoms with van der Waals surface area (Å²) >= 11 is 0. The zero-order valence-electron chi connectivity index (χ0n) is 11.5. The number of amides is 1. The van der Waals surface area contributed by atoms with Crippen molar-refractivity contribution in [2.75, 3.05) is 11.9 Å². The van der Waals surface area contributed by atoms with Crippen LogP contribution in [0.5, 0.6) is 0 Å². The van der Waals surface area contributed by atoms with Gasteiger partial charge in [0.05, 0.1) is 12.8 Å². The van der Waals surface area contributed by atoms with Gasteiger partial charge in [-0.3, -0.25) is 4.79 Å². The molecule has 0 saturated heterocycles. The second-order valence-corrected chi connectivity index (χ2v) is 4.38. The normalized spacial score (nSPS) is 11.2. The maximum absolute atomic E-state index is 11.7. The van der Waals surface area contributed by atoms with Gasteiger partial charge in [-0.15, -0.1) is 0 Å². The molecule has 0 spiro atoms. The Hall–Kier alpha value is -2.56. The van der Waals surface area contributed by atoms with Gasteiger partial charge in [0.15, 0.2) is 0 Å². The predicted molar refractivity (Wildman–Crippen MR) is 78.7 cm³/mol. The number of rotatable bonds is 5. The third-order valence-corrected chi connectivity index (χ3v) is 2.81. The molecule has 2 rings (SSSR count). The quantitative estimate of drug-likeness (QED) is 0.648. The van der Waals surface area contributed by atoms with E-state index in [0.29, 0.717) is 11.5 Å². The molecule has 0 fully saturated rings. The van der Waals surface area contributed by atoms with Crippen LogP contribution in [0.4, 0.5) is 5.69 Å². The topological polar surface area (TPSA) is 66.6 Å². The molecule has 5 heteroatoms. The number of carbonyl (C=O) groups is 1. The molecule has 1 aromatic heterocycles. The molecule has 20 heavy (non-hydrogen) atoms. The maximum atomic E-state index is 11.7. The van der Waals surface area contributed by atoms with Gasteiger partial charge in [0, 0.05) is 5.69 Å². The minimum Gasteiger partial charge on any atom is -0.463 e. The summed E-state index contributed by atoms with van der Waals surface area (Å²) in [5.74, 6) is 0.427. The number of para-hydroxylation sites is 1. The van der Waals surface area contributed by atoms with Crippen molar-refractivity contribution >= 4 is 17.3 Å². The predicted octanol–water partition coefficient (Wildman–Crippen LogP) is 2.54. The van der Waals surface area contributed by atoms with E-state index in [2.05, 4.69) is 15.8 Å². The van der Waals surface area contributed by atoms with Crippen molar-refractivity contribution in [2.24, 2.45) is 5.10 Å². The van der Waals surface area contributed by atoms with E-state index in [9.17, 15) is 4.79 Å². The Bertz CT molecular complexity index is 603. The van der Waals surface area contributed by atoms with Gasteiger partial charge in [-0.1, -0.05) is 18.2 Å². The fraction of sp³-hybridized carbons (Fsp3) is 0.200. The number of aryl methyl sites for hydroxylation is 1. The monoisotopic (exact) mass is 271 g/mol. The van der Waals surface area contributed by atoms with E-state index in [0.717, 1.165) is 11.3 Å². The molecule has 0 aliphatic rings. The molecule has 104 valence electrons. The Labute approximate surface area is 117 Å². The second-order valence-electron chi connectivity index (χ2n) is 4.38. The number of hydrogen-bond acceptors (Lipinski definition) is 4. The van der Waals surface area contributed by atoms with Crippen LogP contribution in [0.3, 0.4) is 0 Å². The lowest BCUT2D eigenvalue weighted by atomic mass is 10.2. The molecule has 0 atom stereocenters. The van der Waals surface area contributed by atoms with Gasteiger partial charge in [-0.2, -0.15) is 5.10 Å². The van der Waals surface area contributed by atoms with Gasteiger partial charge in [-0.05, 0) is 37.6 Å². The number of carbonyl (C=O) groups excluding carboxylic acids is 1. The number of nitrogens with one attached hydrogen (secondary N) is 2. The molecule has 1 amide bonds. The minimum absolute atomic E-state index is 0.166. The van der Waals surface area contributed by atoms with Gasteiger partial charge in [0.2, 0.25) is 0 Å². The molecule has 1 aromatic carbocycles. The summed E-state index contributed by atoms with van der Waals surface area (Å²) in [4.78, 5) is 11.7. The van der Waals surface area contributed by atoms with Crippen LogP contribution in [0.2, 0.25) is 0 Å². The first-order chi connectivity index (χ1) is 9.66. The van der Waals surface area contributed by atoms with Crippen molar-refractivity contribution in [1.29, 1.82) is 0 Å². The Kier molecular flexibility index (Phi) is 4.55. The van der Waals surface area contributed by atoms with E-state index in [1.54, 1.807) is 25.3 Å². The van der Waals surface area contributed by atoms with Crippen molar-refractivity contribution < 1.29 is 9.21 Å². The number of nitrogens with zero attached hydrogens (tertiary/aromatic N) is 1. The smallest absolute Gasteiger partial charge is 0.259 e. The van der Waals surface area contributed by atoms with Crippen molar-refractivity contribution in [3.05, 3.63) is 54.0 Å². The average molecular weight is 271 g/mol. The lowest BCUT2D eigenvalue weighted by Crippen LogP contribution is -2.26. The Balaban J connectivity index is 1.84. The highest BCUT2D eigenvalue weighted by molar-refractivity contribution is 5.96. The van der Waals surface area contributed by atoms with Crippen molar-refractivity contribution in [1.82, 2.24) is 5.43 Å². The third-order valence-electron chi connectivity index (χ3n) is 2.81. The summed E-state index contributed by atoms with van der Waals surface area (Å²) in [6.45, 7) is 3.92. The summed E-state index contributed by atoms with van der Waals surface area (Å²) in [5.41, 5.74) is 5.14. The van der Waals surface area contributed by atoms with Crippen molar-refractivity contribution in [2.45, 2.75) is 13.8 Å². The van der Waals surface area contributed by atoms with Crippen LogP contribution in [-0.4, -0.2) is 18.2 Å². The standard InChI is InChI=1S/C15H17N3O2/c1-11-6-3-4-7-13(11)16-10-15(19)18-17-12(2)14-8-5-9-20-14/h3-9,16H,10H2,1-2H3,(H,18,19). The van der Waals surface area contributed by atoms with Crippen molar-refractivity contribution in [3.63, 3.8) is 0 Å². The van der Waals surface area contributed by atoms with Crippen LogP contribution < -0.4 is 10.7 Å². The zero-order chi connectivity index (χ0) is 14.4. The summed E-state index contributed by atoms with van der Waals surface area (Å²) in [7, 11) is 0. The van der Waals surface area contributed by atoms with Crippen molar-refractivity contribution in [3.8, 4) is 0 Å². The van der Waals surface area contributed by atoms with E-state index < -0.39 is 0 Å². The SMILES string of the molecule is CC(=NNC(=O)CNc1ccccc1C)c1ccco1. The van der Waals surface area contributed by atoms with Gasteiger partial charge >= 0.3 is 0 Å². The number of hydrazone groups is 1. The molecular weight excluding hydrogens is 254 g/mol. The lowest BCUT2D eigenvalue weighted by molar-refractivity contribution is -0.119. The first kappa shape index (κ1) is 13.9. The van der Waals surface area contributed by atoms with Gasteiger partial charge in [0.25, 0.3) is 5.91 Å². The lowest BCUT2D eigenvalue weighted by Gasteiger charge is -2.08. The Morgan fingerprint density at radius 2 is 2.05 bits per heavy atom. The maximum Gasteiger partial charge on any atom is 0.259 e. The summed E-state index contributed by atoms with van der Waals surface area (Å²) in [6.07, 6.45) is 1.57. The summed E-state index contributed by atoms with van der Waals surface area (Å²) < 4.78 is 5.17. The zero-order valence-corrected chi connectivity index (χ0v) is 11.5. The molecule has 5 nitrogen and oxygen atoms in total. The van der Waals surface area contributed by atoms with Gasteiger partial charge in [0.1, 0.15) is 11.5 Å². The fourth-order valence-electron chi connectivity index (χ4n) is 1.67. The molecule has 0 aliphatic heterocycles. The largest absolute Gasteiger partial charge is 0.463 e. The van der Waals surface area contributed by atoms with Crippen LogP contribution >= 0.6 is 0 Å². The van der Waals surface area contributed by atoms with E-state index in [1.807, 2.05) is 31.2 Å². The number of hydrogen-bond donors (Lipinski definition) is 2. The average Bonchev–Trinajstić information content (AvgIpc) is 2.98. The summed E-state index contributed by atoms with van der Waals surface area (Å²) in [5, 5.41) is 7.05. The minimum atomic E-state index is -0.209. The highest BCUT2D eigenvalue weighted by Gasteiger charge is 2.03. The van der Waals surface area contributed by atoms with Crippen LogP contribution in [0.25, 0.3) is 0 Å². The molecule has 0 saturated carbocycles. The molecule has 0 aliphatic carbocycles. The summed E-state index contributed by atoms with van der Waals surface area (Å²) in [6, 6.07) is 11.4. The number of furan rings is 1. The van der Waals surface area contributed by atoms with Crippen LogP contribution in [-0.2, 0) is 4.79 Å². The third kappa shape index (κ3) is 3.71. The Morgan fingerprint density at radius 1 is 1.25 bits per heavy atom. The first-order valence-corrected chi connectivity index (χ1v) is 6.33.